The van der Waals surface area contributed by atoms with E-state index in [1.807, 2.05) is 44.1 Å². The molecule has 0 saturated heterocycles. The lowest BCUT2D eigenvalue weighted by molar-refractivity contribution is -0.00713. The number of carbonyl (C=O) groups is 1. The Morgan fingerprint density at radius 3 is 2.96 bits per heavy atom. The summed E-state index contributed by atoms with van der Waals surface area (Å²) < 4.78 is 7.59. The summed E-state index contributed by atoms with van der Waals surface area (Å²) in [4.78, 5) is 19.4. The van der Waals surface area contributed by atoms with Crippen molar-refractivity contribution in [2.75, 3.05) is 13.1 Å². The van der Waals surface area contributed by atoms with Gasteiger partial charge in [0.2, 0.25) is 0 Å². The number of aromatic nitrogens is 3. The second kappa shape index (κ2) is 6.68. The molecule has 2 aromatic rings. The molecule has 2 aromatic heterocycles. The van der Waals surface area contributed by atoms with E-state index < -0.39 is 0 Å². The number of hydrogen-bond acceptors (Lipinski definition) is 4. The molecule has 1 amide bonds. The van der Waals surface area contributed by atoms with Crippen LogP contribution in [0.4, 0.5) is 0 Å². The van der Waals surface area contributed by atoms with Crippen LogP contribution in [0, 0.1) is 0 Å². The fourth-order valence-electron chi connectivity index (χ4n) is 3.96. The molecule has 6 nitrogen and oxygen atoms in total. The Morgan fingerprint density at radius 1 is 1.35 bits per heavy atom. The molecule has 0 aliphatic carbocycles. The van der Waals surface area contributed by atoms with Crippen LogP contribution in [0.25, 0.3) is 5.57 Å². The highest BCUT2D eigenvalue weighted by molar-refractivity contribution is 5.95. The molecule has 2 aliphatic rings. The number of fused-ring (bicyclic) bond motifs is 1. The summed E-state index contributed by atoms with van der Waals surface area (Å²) in [5.74, 6) is 0.0528. The first kappa shape index (κ1) is 17.0. The molecule has 2 aliphatic heterocycles. The summed E-state index contributed by atoms with van der Waals surface area (Å²) in [6, 6.07) is 3.97. The summed E-state index contributed by atoms with van der Waals surface area (Å²) in [5, 5.41) is 4.58. The Hall–Kier alpha value is -2.47. The number of pyridine rings is 1. The van der Waals surface area contributed by atoms with Crippen LogP contribution >= 0.6 is 0 Å². The van der Waals surface area contributed by atoms with Crippen molar-refractivity contribution < 1.29 is 9.53 Å². The van der Waals surface area contributed by atoms with E-state index >= 15 is 0 Å². The minimum atomic E-state index is -0.0753. The van der Waals surface area contributed by atoms with E-state index in [1.54, 1.807) is 10.9 Å². The Kier molecular flexibility index (Phi) is 4.36. The SMILES string of the molecule is C[C@@H]1Cc2c(nn(C)c2C(=O)N2CCC=C(c3cccnc3)C2)[C@H](C)O1. The van der Waals surface area contributed by atoms with Crippen LogP contribution in [0.5, 0.6) is 0 Å². The lowest BCUT2D eigenvalue weighted by atomic mass is 9.98. The molecule has 0 bridgehead atoms. The predicted octanol–water partition coefficient (Wildman–Crippen LogP) is 2.77. The van der Waals surface area contributed by atoms with Crippen molar-refractivity contribution >= 4 is 11.5 Å². The zero-order valence-corrected chi connectivity index (χ0v) is 15.5. The third kappa shape index (κ3) is 2.94. The number of carbonyl (C=O) groups excluding carboxylic acids is 1. The number of rotatable bonds is 2. The van der Waals surface area contributed by atoms with Gasteiger partial charge in [-0.3, -0.25) is 14.5 Å². The summed E-state index contributed by atoms with van der Waals surface area (Å²) in [7, 11) is 1.85. The normalized spacial score (nSPS) is 22.7. The number of aryl methyl sites for hydroxylation is 1. The van der Waals surface area contributed by atoms with Gasteiger partial charge in [0.05, 0.1) is 17.9 Å². The zero-order chi connectivity index (χ0) is 18.3. The van der Waals surface area contributed by atoms with Gasteiger partial charge >= 0.3 is 0 Å². The highest BCUT2D eigenvalue weighted by Crippen LogP contribution is 2.32. The van der Waals surface area contributed by atoms with Gasteiger partial charge in [-0.05, 0) is 37.5 Å². The van der Waals surface area contributed by atoms with Crippen molar-refractivity contribution in [2.45, 2.75) is 38.9 Å². The van der Waals surface area contributed by atoms with Crippen LogP contribution in [-0.4, -0.2) is 44.8 Å². The number of ether oxygens (including phenoxy) is 1. The van der Waals surface area contributed by atoms with E-state index in [4.69, 9.17) is 4.74 Å². The summed E-state index contributed by atoms with van der Waals surface area (Å²) in [6.45, 7) is 5.38. The minimum Gasteiger partial charge on any atom is -0.369 e. The molecule has 4 rings (SSSR count). The van der Waals surface area contributed by atoms with Crippen molar-refractivity contribution in [1.82, 2.24) is 19.7 Å². The number of amides is 1. The quantitative estimate of drug-likeness (QED) is 0.834. The first-order chi connectivity index (χ1) is 12.5. The minimum absolute atomic E-state index is 0.0528. The topological polar surface area (TPSA) is 60.2 Å². The molecular formula is C20H24N4O2. The van der Waals surface area contributed by atoms with Crippen LogP contribution in [0.2, 0.25) is 0 Å². The van der Waals surface area contributed by atoms with Crippen molar-refractivity contribution in [3.05, 3.63) is 53.1 Å². The van der Waals surface area contributed by atoms with Crippen LogP contribution in [-0.2, 0) is 18.2 Å². The van der Waals surface area contributed by atoms with Crippen molar-refractivity contribution in [3.8, 4) is 0 Å². The highest BCUT2D eigenvalue weighted by Gasteiger charge is 2.33. The molecule has 4 heterocycles. The van der Waals surface area contributed by atoms with E-state index in [9.17, 15) is 4.79 Å². The second-order valence-electron chi connectivity index (χ2n) is 7.12. The zero-order valence-electron chi connectivity index (χ0n) is 15.5. The Bertz CT molecular complexity index is 856. The van der Waals surface area contributed by atoms with Gasteiger partial charge in [0.25, 0.3) is 5.91 Å². The number of nitrogens with zero attached hydrogens (tertiary/aromatic N) is 4. The molecule has 136 valence electrons. The van der Waals surface area contributed by atoms with Gasteiger partial charge < -0.3 is 9.64 Å². The van der Waals surface area contributed by atoms with E-state index in [-0.39, 0.29) is 18.1 Å². The standard InChI is InChI=1S/C20H24N4O2/c1-13-10-17-18(14(2)26-13)22-23(3)19(17)20(25)24-9-5-7-16(12-24)15-6-4-8-21-11-15/h4,6-8,11,13-14H,5,9-10,12H2,1-3H3/t13-,14+/m1/s1. The van der Waals surface area contributed by atoms with Crippen molar-refractivity contribution in [1.29, 1.82) is 0 Å². The van der Waals surface area contributed by atoms with Crippen molar-refractivity contribution in [3.63, 3.8) is 0 Å². The van der Waals surface area contributed by atoms with Gasteiger partial charge in [0.1, 0.15) is 5.69 Å². The fourth-order valence-corrected chi connectivity index (χ4v) is 3.96. The largest absolute Gasteiger partial charge is 0.369 e. The molecule has 26 heavy (non-hydrogen) atoms. The van der Waals surface area contributed by atoms with Gasteiger partial charge in [0, 0.05) is 44.5 Å². The van der Waals surface area contributed by atoms with Gasteiger partial charge in [-0.2, -0.15) is 5.10 Å². The Morgan fingerprint density at radius 2 is 2.19 bits per heavy atom. The van der Waals surface area contributed by atoms with Crippen LogP contribution in [0.15, 0.2) is 30.6 Å². The maximum Gasteiger partial charge on any atom is 0.272 e. The smallest absolute Gasteiger partial charge is 0.272 e. The van der Waals surface area contributed by atoms with Gasteiger partial charge in [-0.1, -0.05) is 12.1 Å². The molecule has 2 atom stereocenters. The van der Waals surface area contributed by atoms with Crippen LogP contribution in [0.3, 0.4) is 0 Å². The fraction of sp³-hybridized carbons (Fsp3) is 0.450. The van der Waals surface area contributed by atoms with E-state index in [2.05, 4.69) is 16.2 Å². The molecule has 0 unspecified atom stereocenters. The molecule has 0 fully saturated rings. The van der Waals surface area contributed by atoms with E-state index in [1.165, 1.54) is 0 Å². The molecule has 0 N–H and O–H groups in total. The second-order valence-corrected chi connectivity index (χ2v) is 7.12. The van der Waals surface area contributed by atoms with Crippen LogP contribution in [0.1, 0.15) is 53.7 Å². The summed E-state index contributed by atoms with van der Waals surface area (Å²) >= 11 is 0. The van der Waals surface area contributed by atoms with Gasteiger partial charge in [-0.15, -0.1) is 0 Å². The predicted molar refractivity (Wildman–Crippen MR) is 98.6 cm³/mol. The lowest BCUT2D eigenvalue weighted by Crippen LogP contribution is -2.37. The number of hydrogen-bond donors (Lipinski definition) is 0. The Balaban J connectivity index is 1.62. The summed E-state index contributed by atoms with van der Waals surface area (Å²) in [6.07, 6.45) is 7.43. The molecule has 0 radical (unpaired) electrons. The maximum absolute atomic E-state index is 13.3. The van der Waals surface area contributed by atoms with Gasteiger partial charge in [0.15, 0.2) is 0 Å². The first-order valence-corrected chi connectivity index (χ1v) is 9.14. The van der Waals surface area contributed by atoms with Gasteiger partial charge in [-0.25, -0.2) is 0 Å². The average Bonchev–Trinajstić information content (AvgIpc) is 2.98. The molecular weight excluding hydrogens is 328 g/mol. The third-order valence-corrected chi connectivity index (χ3v) is 5.16. The van der Waals surface area contributed by atoms with E-state index in [0.717, 1.165) is 41.8 Å². The van der Waals surface area contributed by atoms with Crippen molar-refractivity contribution in [2.24, 2.45) is 7.05 Å². The van der Waals surface area contributed by atoms with Crippen LogP contribution < -0.4 is 0 Å². The molecule has 0 spiro atoms. The lowest BCUT2D eigenvalue weighted by Gasteiger charge is -2.29. The molecule has 0 aromatic carbocycles. The Labute approximate surface area is 153 Å². The maximum atomic E-state index is 13.3. The monoisotopic (exact) mass is 352 g/mol. The molecule has 6 heteroatoms. The summed E-state index contributed by atoms with van der Waals surface area (Å²) in [5.41, 5.74) is 4.87. The third-order valence-electron chi connectivity index (χ3n) is 5.16. The highest BCUT2D eigenvalue weighted by atomic mass is 16.5. The average molecular weight is 352 g/mol. The first-order valence-electron chi connectivity index (χ1n) is 9.14. The molecule has 0 saturated carbocycles. The van der Waals surface area contributed by atoms with E-state index in [0.29, 0.717) is 12.2 Å².